The van der Waals surface area contributed by atoms with Gasteiger partial charge in [0.15, 0.2) is 0 Å². The number of benzene rings is 7. The van der Waals surface area contributed by atoms with Gasteiger partial charge in [-0.1, -0.05) is 146 Å². The van der Waals surface area contributed by atoms with Crippen molar-refractivity contribution in [1.29, 1.82) is 0 Å². The number of nitrogens with zero attached hydrogens (tertiary/aromatic N) is 2. The van der Waals surface area contributed by atoms with Crippen molar-refractivity contribution in [2.24, 2.45) is 0 Å². The molecule has 2 aliphatic carbocycles. The second-order valence-corrected chi connectivity index (χ2v) is 13.3. The molecule has 0 saturated carbocycles. The molecule has 0 atom stereocenters. The predicted octanol–water partition coefficient (Wildman–Crippen LogP) is 11.6. The van der Waals surface area contributed by atoms with Crippen LogP contribution < -0.4 is 0 Å². The van der Waals surface area contributed by atoms with Crippen LogP contribution in [0.3, 0.4) is 0 Å². The first kappa shape index (κ1) is 26.7. The maximum absolute atomic E-state index is 5.13. The molecule has 2 aromatic heterocycles. The average Bonchev–Trinajstić information content (AvgIpc) is 3.65. The normalized spacial score (nSPS) is 13.5. The molecule has 0 N–H and O–H groups in total. The number of hydrogen-bond donors (Lipinski definition) is 0. The molecule has 0 unspecified atom stereocenters. The van der Waals surface area contributed by atoms with Gasteiger partial charge in [0.25, 0.3) is 0 Å². The number of hydrogen-bond acceptors (Lipinski definition) is 2. The summed E-state index contributed by atoms with van der Waals surface area (Å²) in [6, 6.07) is 60.1. The highest BCUT2D eigenvalue weighted by Crippen LogP contribution is 2.65. The van der Waals surface area contributed by atoms with Crippen molar-refractivity contribution < 1.29 is 0 Å². The summed E-state index contributed by atoms with van der Waals surface area (Å²) in [5, 5.41) is 4.76. The van der Waals surface area contributed by atoms with E-state index < -0.39 is 5.41 Å². The molecule has 0 amide bonds. The zero-order valence-corrected chi connectivity index (χ0v) is 26.6. The van der Waals surface area contributed by atoms with Crippen molar-refractivity contribution in [1.82, 2.24) is 9.97 Å². The molecule has 11 rings (SSSR count). The summed E-state index contributed by atoms with van der Waals surface area (Å²) < 4.78 is 0. The lowest BCUT2D eigenvalue weighted by Gasteiger charge is -2.31. The van der Waals surface area contributed by atoms with E-state index in [1.165, 1.54) is 66.4 Å². The van der Waals surface area contributed by atoms with Crippen LogP contribution in [-0.4, -0.2) is 9.97 Å². The Morgan fingerprint density at radius 3 is 1.73 bits per heavy atom. The molecule has 2 nitrogen and oxygen atoms in total. The molecular formula is C47H28N2. The van der Waals surface area contributed by atoms with Crippen molar-refractivity contribution in [3.05, 3.63) is 192 Å². The van der Waals surface area contributed by atoms with Gasteiger partial charge in [0.1, 0.15) is 0 Å². The quantitative estimate of drug-likeness (QED) is 0.180. The highest BCUT2D eigenvalue weighted by Gasteiger charge is 2.52. The van der Waals surface area contributed by atoms with Crippen molar-refractivity contribution in [2.45, 2.75) is 5.41 Å². The lowest BCUT2D eigenvalue weighted by molar-refractivity contribution is 0.801. The largest absolute Gasteiger partial charge is 0.254 e. The summed E-state index contributed by atoms with van der Waals surface area (Å²) in [6.45, 7) is 0. The van der Waals surface area contributed by atoms with Crippen LogP contribution in [-0.2, 0) is 5.41 Å². The lowest BCUT2D eigenvalue weighted by atomic mass is 9.69. The van der Waals surface area contributed by atoms with Gasteiger partial charge in [0.05, 0.1) is 22.1 Å². The summed E-state index contributed by atoms with van der Waals surface area (Å²) in [5.41, 5.74) is 16.7. The Kier molecular flexibility index (Phi) is 5.34. The molecule has 0 fully saturated rings. The van der Waals surface area contributed by atoms with Crippen LogP contribution in [0.15, 0.2) is 170 Å². The zero-order valence-electron chi connectivity index (χ0n) is 26.6. The van der Waals surface area contributed by atoms with E-state index in [1.54, 1.807) is 0 Å². The minimum atomic E-state index is -0.402. The van der Waals surface area contributed by atoms with Gasteiger partial charge in [0, 0.05) is 22.5 Å². The minimum Gasteiger partial charge on any atom is -0.254 e. The minimum absolute atomic E-state index is 0.402. The van der Waals surface area contributed by atoms with E-state index >= 15 is 0 Å². The van der Waals surface area contributed by atoms with E-state index in [2.05, 4.69) is 163 Å². The fourth-order valence-corrected chi connectivity index (χ4v) is 8.91. The zero-order chi connectivity index (χ0) is 32.1. The van der Waals surface area contributed by atoms with Gasteiger partial charge in [-0.3, -0.25) is 4.98 Å². The van der Waals surface area contributed by atoms with E-state index in [-0.39, 0.29) is 0 Å². The molecule has 2 heterocycles. The topological polar surface area (TPSA) is 25.8 Å². The molecule has 7 aromatic carbocycles. The first-order valence-electron chi connectivity index (χ1n) is 16.9. The van der Waals surface area contributed by atoms with Gasteiger partial charge in [-0.2, -0.15) is 0 Å². The SMILES string of the molecule is c1ccc2c(c1)-c1ccccc1C21c2ccccc2-c2c(-c3ccc(-c4ccc5ccc6cccnc6c5n4)cc3)cc3ccccc3c21. The Balaban J connectivity index is 1.16. The molecule has 2 heteroatoms. The first-order valence-corrected chi connectivity index (χ1v) is 16.9. The van der Waals surface area contributed by atoms with Crippen LogP contribution in [0.1, 0.15) is 22.3 Å². The predicted molar refractivity (Wildman–Crippen MR) is 202 cm³/mol. The van der Waals surface area contributed by atoms with Crippen LogP contribution in [0.2, 0.25) is 0 Å². The fraction of sp³-hybridized carbons (Fsp3) is 0.0213. The summed E-state index contributed by atoms with van der Waals surface area (Å²) in [5.74, 6) is 0. The van der Waals surface area contributed by atoms with Crippen molar-refractivity contribution >= 4 is 32.6 Å². The summed E-state index contributed by atoms with van der Waals surface area (Å²) >= 11 is 0. The molecule has 226 valence electrons. The van der Waals surface area contributed by atoms with E-state index in [9.17, 15) is 0 Å². The molecule has 2 aliphatic rings. The molecule has 1 spiro atoms. The maximum Gasteiger partial charge on any atom is 0.0972 e. The third-order valence-electron chi connectivity index (χ3n) is 10.9. The number of pyridine rings is 2. The van der Waals surface area contributed by atoms with Crippen LogP contribution in [0.25, 0.3) is 77.2 Å². The maximum atomic E-state index is 5.13. The van der Waals surface area contributed by atoms with E-state index in [4.69, 9.17) is 4.98 Å². The third kappa shape index (κ3) is 3.50. The molecule has 0 aliphatic heterocycles. The molecule has 9 aromatic rings. The second-order valence-electron chi connectivity index (χ2n) is 13.3. The number of fused-ring (bicyclic) bond motifs is 15. The third-order valence-corrected chi connectivity index (χ3v) is 10.9. The standard InChI is InChI=1S/C47H28N2/c1-2-12-34-33(10-1)28-38(29-19-21-30(22-20-29)42-26-25-32-24-23-31-11-9-27-48-45(31)46(32)49-42)43-37-15-5-8-18-41(37)47(44(34)43)39-16-6-3-13-35(39)36-14-4-7-17-40(36)47/h1-28H. The highest BCUT2D eigenvalue weighted by atomic mass is 14.7. The molecule has 49 heavy (non-hydrogen) atoms. The highest BCUT2D eigenvalue weighted by molar-refractivity contribution is 6.09. The number of aromatic nitrogens is 2. The van der Waals surface area contributed by atoms with Crippen LogP contribution in [0.4, 0.5) is 0 Å². The summed E-state index contributed by atoms with van der Waals surface area (Å²) in [6.07, 6.45) is 1.85. The molecular weight excluding hydrogens is 593 g/mol. The van der Waals surface area contributed by atoms with Gasteiger partial charge in [-0.25, -0.2) is 4.98 Å². The van der Waals surface area contributed by atoms with Gasteiger partial charge < -0.3 is 0 Å². The van der Waals surface area contributed by atoms with Gasteiger partial charge >= 0.3 is 0 Å². The monoisotopic (exact) mass is 620 g/mol. The Labute approximate surface area is 284 Å². The van der Waals surface area contributed by atoms with Crippen LogP contribution >= 0.6 is 0 Å². The van der Waals surface area contributed by atoms with E-state index in [1.807, 2.05) is 12.3 Å². The van der Waals surface area contributed by atoms with Crippen molar-refractivity contribution in [2.75, 3.05) is 0 Å². The van der Waals surface area contributed by atoms with Crippen LogP contribution in [0, 0.1) is 0 Å². The van der Waals surface area contributed by atoms with Crippen LogP contribution in [0.5, 0.6) is 0 Å². The average molecular weight is 621 g/mol. The van der Waals surface area contributed by atoms with Crippen molar-refractivity contribution in [3.8, 4) is 44.6 Å². The van der Waals surface area contributed by atoms with Gasteiger partial charge in [-0.15, -0.1) is 0 Å². The van der Waals surface area contributed by atoms with Crippen molar-refractivity contribution in [3.63, 3.8) is 0 Å². The second kappa shape index (κ2) is 9.82. The molecule has 0 radical (unpaired) electrons. The van der Waals surface area contributed by atoms with Gasteiger partial charge in [0.2, 0.25) is 0 Å². The first-order chi connectivity index (χ1) is 24.3. The molecule has 0 bridgehead atoms. The van der Waals surface area contributed by atoms with Gasteiger partial charge in [-0.05, 0) is 84.6 Å². The fourth-order valence-electron chi connectivity index (χ4n) is 8.91. The molecule has 0 saturated heterocycles. The Morgan fingerprint density at radius 2 is 0.980 bits per heavy atom. The Morgan fingerprint density at radius 1 is 0.408 bits per heavy atom. The smallest absolute Gasteiger partial charge is 0.0972 e. The lowest BCUT2D eigenvalue weighted by Crippen LogP contribution is -2.26. The van der Waals surface area contributed by atoms with E-state index in [0.29, 0.717) is 0 Å². The number of rotatable bonds is 2. The summed E-state index contributed by atoms with van der Waals surface area (Å²) in [4.78, 5) is 9.80. The summed E-state index contributed by atoms with van der Waals surface area (Å²) in [7, 11) is 0. The Hall–Kier alpha value is -6.38. The van der Waals surface area contributed by atoms with E-state index in [0.717, 1.165) is 33.1 Å². The Bertz CT molecular complexity index is 2780.